The largest absolute Gasteiger partial charge is 0.480 e. The van der Waals surface area contributed by atoms with Crippen LogP contribution in [0.25, 0.3) is 0 Å². The summed E-state index contributed by atoms with van der Waals surface area (Å²) in [5.41, 5.74) is 3.99. The second-order valence-electron chi connectivity index (χ2n) is 3.76. The van der Waals surface area contributed by atoms with Crippen molar-refractivity contribution < 1.29 is 9.90 Å². The first-order valence-corrected chi connectivity index (χ1v) is 3.22. The Kier molecular flexibility index (Phi) is 2.11. The average molecular weight is 145 g/mol. The normalized spacial score (nSPS) is 18.1. The van der Waals surface area contributed by atoms with E-state index < -0.39 is 16.9 Å². The zero-order valence-electron chi connectivity index (χ0n) is 6.93. The predicted molar refractivity (Wildman–Crippen MR) is 39.7 cm³/mol. The van der Waals surface area contributed by atoms with E-state index in [9.17, 15) is 4.79 Å². The van der Waals surface area contributed by atoms with Crippen LogP contribution in [0.5, 0.6) is 0 Å². The van der Waals surface area contributed by atoms with Gasteiger partial charge < -0.3 is 10.8 Å². The lowest BCUT2D eigenvalue weighted by Gasteiger charge is -2.33. The summed E-state index contributed by atoms with van der Waals surface area (Å²) in [6.45, 7) is 6.94. The fraction of sp³-hybridized carbons (Fsp3) is 0.857. The van der Waals surface area contributed by atoms with Gasteiger partial charge in [0.15, 0.2) is 0 Å². The van der Waals surface area contributed by atoms with Crippen molar-refractivity contribution in [2.75, 3.05) is 0 Å². The molecule has 0 heterocycles. The standard InChI is InChI=1S/C7H15NO2/c1-6(2,3)7(4,8)5(9)10/h8H2,1-4H3,(H,9,10). The summed E-state index contributed by atoms with van der Waals surface area (Å²) in [5, 5.41) is 8.65. The van der Waals surface area contributed by atoms with Gasteiger partial charge in [0, 0.05) is 0 Å². The van der Waals surface area contributed by atoms with Crippen molar-refractivity contribution in [2.45, 2.75) is 33.2 Å². The molecule has 0 radical (unpaired) electrons. The molecule has 0 aliphatic carbocycles. The maximum absolute atomic E-state index is 10.5. The van der Waals surface area contributed by atoms with Gasteiger partial charge in [0.2, 0.25) is 0 Å². The van der Waals surface area contributed by atoms with Gasteiger partial charge in [-0.3, -0.25) is 4.79 Å². The molecule has 0 spiro atoms. The summed E-state index contributed by atoms with van der Waals surface area (Å²) in [6, 6.07) is 0. The van der Waals surface area contributed by atoms with E-state index in [0.717, 1.165) is 0 Å². The smallest absolute Gasteiger partial charge is 0.323 e. The third-order valence-corrected chi connectivity index (χ3v) is 2.00. The molecule has 0 bridgehead atoms. The second-order valence-corrected chi connectivity index (χ2v) is 3.76. The van der Waals surface area contributed by atoms with Crippen LogP contribution in [0.4, 0.5) is 0 Å². The summed E-state index contributed by atoms with van der Waals surface area (Å²) >= 11 is 0. The number of hydrogen-bond donors (Lipinski definition) is 2. The molecule has 0 fully saturated rings. The third kappa shape index (κ3) is 1.48. The Morgan fingerprint density at radius 3 is 1.60 bits per heavy atom. The van der Waals surface area contributed by atoms with E-state index in [2.05, 4.69) is 0 Å². The topological polar surface area (TPSA) is 63.3 Å². The molecule has 0 aromatic heterocycles. The van der Waals surface area contributed by atoms with E-state index in [1.807, 2.05) is 0 Å². The molecule has 10 heavy (non-hydrogen) atoms. The lowest BCUT2D eigenvalue weighted by molar-refractivity contribution is -0.146. The van der Waals surface area contributed by atoms with Crippen LogP contribution in [-0.2, 0) is 4.79 Å². The average Bonchev–Trinajstić information content (AvgIpc) is 1.62. The number of hydrogen-bond acceptors (Lipinski definition) is 2. The van der Waals surface area contributed by atoms with Gasteiger partial charge in [-0.1, -0.05) is 20.8 Å². The van der Waals surface area contributed by atoms with Crippen LogP contribution >= 0.6 is 0 Å². The quantitative estimate of drug-likeness (QED) is 0.574. The number of carbonyl (C=O) groups is 1. The molecular formula is C7H15NO2. The molecule has 0 aromatic rings. The van der Waals surface area contributed by atoms with Gasteiger partial charge in [0.1, 0.15) is 5.54 Å². The Balaban J connectivity index is 4.57. The Bertz CT molecular complexity index is 144. The Hall–Kier alpha value is -0.570. The van der Waals surface area contributed by atoms with E-state index in [4.69, 9.17) is 10.8 Å². The molecular weight excluding hydrogens is 130 g/mol. The second kappa shape index (κ2) is 2.23. The molecule has 0 amide bonds. The highest BCUT2D eigenvalue weighted by atomic mass is 16.4. The Morgan fingerprint density at radius 1 is 1.30 bits per heavy atom. The molecule has 1 unspecified atom stereocenters. The van der Waals surface area contributed by atoms with Crippen LogP contribution in [0.3, 0.4) is 0 Å². The van der Waals surface area contributed by atoms with Crippen LogP contribution in [0.15, 0.2) is 0 Å². The number of carboxylic acid groups (broad SMARTS) is 1. The fourth-order valence-electron chi connectivity index (χ4n) is 0.321. The number of rotatable bonds is 1. The van der Waals surface area contributed by atoms with E-state index in [1.165, 1.54) is 6.92 Å². The van der Waals surface area contributed by atoms with E-state index in [0.29, 0.717) is 0 Å². The zero-order valence-corrected chi connectivity index (χ0v) is 6.93. The highest BCUT2D eigenvalue weighted by Crippen LogP contribution is 2.27. The van der Waals surface area contributed by atoms with Crippen molar-refractivity contribution in [1.82, 2.24) is 0 Å². The van der Waals surface area contributed by atoms with Gasteiger partial charge in [-0.15, -0.1) is 0 Å². The number of aliphatic carboxylic acids is 1. The Morgan fingerprint density at radius 2 is 1.60 bits per heavy atom. The van der Waals surface area contributed by atoms with E-state index in [1.54, 1.807) is 20.8 Å². The SMILES string of the molecule is CC(C)(C)C(C)(N)C(=O)O. The number of nitrogens with two attached hydrogens (primary N) is 1. The fourth-order valence-corrected chi connectivity index (χ4v) is 0.321. The molecule has 3 nitrogen and oxygen atoms in total. The van der Waals surface area contributed by atoms with Gasteiger partial charge >= 0.3 is 5.97 Å². The van der Waals surface area contributed by atoms with Crippen LogP contribution in [0.2, 0.25) is 0 Å². The summed E-state index contributed by atoms with van der Waals surface area (Å²) in [4.78, 5) is 10.5. The van der Waals surface area contributed by atoms with Crippen LogP contribution < -0.4 is 5.73 Å². The minimum Gasteiger partial charge on any atom is -0.480 e. The summed E-state index contributed by atoms with van der Waals surface area (Å²) in [6.07, 6.45) is 0. The molecule has 0 aliphatic rings. The van der Waals surface area contributed by atoms with Gasteiger partial charge in [0.25, 0.3) is 0 Å². The molecule has 1 atom stereocenters. The molecule has 3 heteroatoms. The third-order valence-electron chi connectivity index (χ3n) is 2.00. The lowest BCUT2D eigenvalue weighted by atomic mass is 9.76. The highest BCUT2D eigenvalue weighted by Gasteiger charge is 2.40. The molecule has 0 aliphatic heterocycles. The Labute approximate surface area is 61.2 Å². The highest BCUT2D eigenvalue weighted by molar-refractivity contribution is 5.78. The molecule has 60 valence electrons. The summed E-state index contributed by atoms with van der Waals surface area (Å²) in [7, 11) is 0. The van der Waals surface area contributed by atoms with Crippen LogP contribution in [0.1, 0.15) is 27.7 Å². The van der Waals surface area contributed by atoms with Crippen molar-refractivity contribution in [2.24, 2.45) is 11.1 Å². The maximum atomic E-state index is 10.5. The van der Waals surface area contributed by atoms with E-state index >= 15 is 0 Å². The van der Waals surface area contributed by atoms with Crippen LogP contribution in [-0.4, -0.2) is 16.6 Å². The zero-order chi connectivity index (χ0) is 8.58. The van der Waals surface area contributed by atoms with Gasteiger partial charge in [-0.25, -0.2) is 0 Å². The first-order chi connectivity index (χ1) is 4.19. The minimum atomic E-state index is -1.15. The minimum absolute atomic E-state index is 0.404. The van der Waals surface area contributed by atoms with Crippen molar-refractivity contribution in [3.63, 3.8) is 0 Å². The molecule has 3 N–H and O–H groups in total. The van der Waals surface area contributed by atoms with E-state index in [-0.39, 0.29) is 0 Å². The number of carboxylic acids is 1. The van der Waals surface area contributed by atoms with Crippen molar-refractivity contribution in [1.29, 1.82) is 0 Å². The van der Waals surface area contributed by atoms with Gasteiger partial charge in [0.05, 0.1) is 0 Å². The van der Waals surface area contributed by atoms with Gasteiger partial charge in [-0.05, 0) is 12.3 Å². The van der Waals surface area contributed by atoms with Crippen molar-refractivity contribution in [3.8, 4) is 0 Å². The summed E-state index contributed by atoms with van der Waals surface area (Å²) < 4.78 is 0. The lowest BCUT2D eigenvalue weighted by Crippen LogP contribution is -2.55. The predicted octanol–water partition coefficient (Wildman–Crippen LogP) is 0.834. The molecule has 0 saturated heterocycles. The maximum Gasteiger partial charge on any atom is 0.323 e. The summed E-state index contributed by atoms with van der Waals surface area (Å²) in [5.74, 6) is -0.958. The van der Waals surface area contributed by atoms with Gasteiger partial charge in [-0.2, -0.15) is 0 Å². The van der Waals surface area contributed by atoms with Crippen molar-refractivity contribution >= 4 is 5.97 Å². The molecule has 0 rings (SSSR count). The molecule has 0 aromatic carbocycles. The monoisotopic (exact) mass is 145 g/mol. The molecule has 0 saturated carbocycles. The first kappa shape index (κ1) is 9.43. The first-order valence-electron chi connectivity index (χ1n) is 3.22. The van der Waals surface area contributed by atoms with Crippen molar-refractivity contribution in [3.05, 3.63) is 0 Å². The van der Waals surface area contributed by atoms with Crippen LogP contribution in [0, 0.1) is 5.41 Å².